The van der Waals surface area contributed by atoms with Crippen molar-refractivity contribution in [2.45, 2.75) is 71.5 Å². The average Bonchev–Trinajstić information content (AvgIpc) is 3.46. The van der Waals surface area contributed by atoms with E-state index in [1.54, 1.807) is 0 Å². The predicted molar refractivity (Wildman–Crippen MR) is 123 cm³/mol. The van der Waals surface area contributed by atoms with E-state index >= 15 is 0 Å². The summed E-state index contributed by atoms with van der Waals surface area (Å²) in [5, 5.41) is 0. The van der Waals surface area contributed by atoms with Crippen LogP contribution in [0.25, 0.3) is 11.1 Å². The summed E-state index contributed by atoms with van der Waals surface area (Å²) in [5.41, 5.74) is 6.27. The number of carbonyl (C=O) groups excluding carboxylic acids is 1. The van der Waals surface area contributed by atoms with Crippen LogP contribution in [0.2, 0.25) is 0 Å². The molecule has 1 fully saturated rings. The van der Waals surface area contributed by atoms with E-state index in [9.17, 15) is 4.79 Å². The van der Waals surface area contributed by atoms with Gasteiger partial charge in [-0.1, -0.05) is 25.1 Å². The van der Waals surface area contributed by atoms with Crippen molar-refractivity contribution >= 4 is 5.97 Å². The zero-order chi connectivity index (χ0) is 22.3. The summed E-state index contributed by atoms with van der Waals surface area (Å²) in [6.07, 6.45) is 2.44. The highest BCUT2D eigenvalue weighted by atomic mass is 16.6. The summed E-state index contributed by atoms with van der Waals surface area (Å²) < 4.78 is 17.4. The third-order valence-corrected chi connectivity index (χ3v) is 6.35. The lowest BCUT2D eigenvalue weighted by atomic mass is 9.85. The van der Waals surface area contributed by atoms with Gasteiger partial charge < -0.3 is 14.2 Å². The number of methoxy groups -OCH3 is 1. The van der Waals surface area contributed by atoms with Crippen molar-refractivity contribution in [3.8, 4) is 16.9 Å². The highest BCUT2D eigenvalue weighted by molar-refractivity contribution is 5.84. The van der Waals surface area contributed by atoms with Crippen molar-refractivity contribution in [3.63, 3.8) is 0 Å². The van der Waals surface area contributed by atoms with Gasteiger partial charge in [-0.3, -0.25) is 0 Å². The van der Waals surface area contributed by atoms with Crippen molar-refractivity contribution in [3.05, 3.63) is 52.6 Å². The molecule has 4 rings (SSSR count). The molecule has 0 N–H and O–H groups in total. The molecule has 1 saturated carbocycles. The summed E-state index contributed by atoms with van der Waals surface area (Å²) in [5.74, 6) is 1.77. The molecule has 4 nitrogen and oxygen atoms in total. The molecular formula is C27H34O4. The molecule has 1 heterocycles. The molecule has 31 heavy (non-hydrogen) atoms. The Bertz CT molecular complexity index is 985. The van der Waals surface area contributed by atoms with Crippen molar-refractivity contribution in [1.82, 2.24) is 0 Å². The molecule has 0 aromatic heterocycles. The fraction of sp³-hybridized carbons (Fsp3) is 0.519. The van der Waals surface area contributed by atoms with E-state index in [1.807, 2.05) is 20.8 Å². The Balaban J connectivity index is 1.93. The summed E-state index contributed by atoms with van der Waals surface area (Å²) in [7, 11) is 1.43. The van der Waals surface area contributed by atoms with Crippen molar-refractivity contribution in [2.75, 3.05) is 13.7 Å². The van der Waals surface area contributed by atoms with Gasteiger partial charge in [-0.2, -0.15) is 0 Å². The molecule has 166 valence electrons. The van der Waals surface area contributed by atoms with Crippen LogP contribution in [0, 0.1) is 12.8 Å². The minimum atomic E-state index is -0.777. The van der Waals surface area contributed by atoms with Crippen LogP contribution < -0.4 is 4.74 Å². The zero-order valence-corrected chi connectivity index (χ0v) is 19.6. The second-order valence-electron chi connectivity index (χ2n) is 9.99. The second kappa shape index (κ2) is 8.31. The molecule has 0 saturated heterocycles. The molecule has 0 radical (unpaired) electrons. The average molecular weight is 423 g/mol. The normalized spacial score (nSPS) is 21.1. The molecule has 4 heteroatoms. The monoisotopic (exact) mass is 422 g/mol. The number of rotatable bonds is 5. The summed E-state index contributed by atoms with van der Waals surface area (Å²) in [6.45, 7) is 11.0. The maximum atomic E-state index is 13.0. The van der Waals surface area contributed by atoms with E-state index in [4.69, 9.17) is 14.2 Å². The van der Waals surface area contributed by atoms with Crippen LogP contribution in [0.1, 0.15) is 74.8 Å². The lowest BCUT2D eigenvalue weighted by Gasteiger charge is -2.30. The molecular weight excluding hydrogens is 388 g/mol. The van der Waals surface area contributed by atoms with E-state index in [-0.39, 0.29) is 5.97 Å². The maximum Gasteiger partial charge on any atom is 0.339 e. The molecule has 1 aliphatic carbocycles. The fourth-order valence-electron chi connectivity index (χ4n) is 4.67. The lowest BCUT2D eigenvalue weighted by molar-refractivity contribution is -0.164. The maximum absolute atomic E-state index is 13.0. The second-order valence-corrected chi connectivity index (χ2v) is 9.99. The van der Waals surface area contributed by atoms with E-state index in [1.165, 1.54) is 24.7 Å². The van der Waals surface area contributed by atoms with Gasteiger partial charge in [-0.05, 0) is 98.7 Å². The number of hydrogen-bond acceptors (Lipinski definition) is 4. The van der Waals surface area contributed by atoms with Crippen molar-refractivity contribution in [1.29, 1.82) is 0 Å². The molecule has 0 spiro atoms. The topological polar surface area (TPSA) is 44.8 Å². The number of carbonyl (C=O) groups is 1. The fourth-order valence-corrected chi connectivity index (χ4v) is 4.67. The molecule has 2 aromatic carbocycles. The molecule has 2 aliphatic rings. The predicted octanol–water partition coefficient (Wildman–Crippen LogP) is 6.14. The molecule has 1 aliphatic heterocycles. The quantitative estimate of drug-likeness (QED) is 0.543. The first-order valence-electron chi connectivity index (χ1n) is 11.3. The zero-order valence-electron chi connectivity index (χ0n) is 19.6. The Morgan fingerprint density at radius 3 is 2.58 bits per heavy atom. The molecule has 2 aromatic rings. The number of ether oxygens (including phenoxy) is 3. The third kappa shape index (κ3) is 4.50. The number of aryl methyl sites for hydroxylation is 2. The van der Waals surface area contributed by atoms with Crippen LogP contribution in [-0.2, 0) is 20.7 Å². The number of hydrogen-bond donors (Lipinski definition) is 0. The standard InChI is InChI=1S/C27H34O4/c1-16-9-11-20(21-14-17(21)2)24(19-10-12-22-18(15-19)8-7-13-30-22)23(16)25(26(28)29-6)31-27(3,4)5/h9-12,15,17,21,25H,7-8,13-14H2,1-6H3/t17-,21+,25?/m0/s1. The van der Waals surface area contributed by atoms with Gasteiger partial charge in [0.15, 0.2) is 6.10 Å². The SMILES string of the molecule is COC(=O)C(OC(C)(C)C)c1c(C)ccc([C@@H]2C[C@@H]2C)c1-c1ccc2c(c1)CCCO2. The van der Waals surface area contributed by atoms with E-state index in [0.717, 1.165) is 47.5 Å². The van der Waals surface area contributed by atoms with Gasteiger partial charge in [0.25, 0.3) is 0 Å². The van der Waals surface area contributed by atoms with Crippen LogP contribution in [0.3, 0.4) is 0 Å². The van der Waals surface area contributed by atoms with Crippen LogP contribution in [-0.4, -0.2) is 25.3 Å². The summed E-state index contributed by atoms with van der Waals surface area (Å²) in [6, 6.07) is 10.8. The molecule has 0 bridgehead atoms. The Hall–Kier alpha value is -2.33. The molecule has 3 atom stereocenters. The van der Waals surface area contributed by atoms with Crippen LogP contribution in [0.15, 0.2) is 30.3 Å². The Morgan fingerprint density at radius 2 is 1.94 bits per heavy atom. The first-order valence-corrected chi connectivity index (χ1v) is 11.3. The Morgan fingerprint density at radius 1 is 1.19 bits per heavy atom. The van der Waals surface area contributed by atoms with Gasteiger partial charge in [0.05, 0.1) is 19.3 Å². The third-order valence-electron chi connectivity index (χ3n) is 6.35. The number of esters is 1. The van der Waals surface area contributed by atoms with Crippen molar-refractivity contribution < 1.29 is 19.0 Å². The highest BCUT2D eigenvalue weighted by Crippen LogP contribution is 2.52. The minimum Gasteiger partial charge on any atom is -0.493 e. The number of fused-ring (bicyclic) bond motifs is 1. The van der Waals surface area contributed by atoms with Gasteiger partial charge >= 0.3 is 5.97 Å². The first kappa shape index (κ1) is 21.9. The first-order chi connectivity index (χ1) is 14.7. The Kier molecular flexibility index (Phi) is 5.87. The van der Waals surface area contributed by atoms with E-state index in [0.29, 0.717) is 11.8 Å². The highest BCUT2D eigenvalue weighted by Gasteiger charge is 2.39. The van der Waals surface area contributed by atoms with Gasteiger partial charge in [0, 0.05) is 5.56 Å². The smallest absolute Gasteiger partial charge is 0.339 e. The largest absolute Gasteiger partial charge is 0.493 e. The van der Waals surface area contributed by atoms with Crippen LogP contribution in [0.4, 0.5) is 0 Å². The van der Waals surface area contributed by atoms with Gasteiger partial charge in [-0.15, -0.1) is 0 Å². The lowest BCUT2D eigenvalue weighted by Crippen LogP contribution is -2.29. The molecule has 1 unspecified atom stereocenters. The van der Waals surface area contributed by atoms with Crippen molar-refractivity contribution in [2.24, 2.45) is 5.92 Å². The van der Waals surface area contributed by atoms with E-state index < -0.39 is 11.7 Å². The van der Waals surface area contributed by atoms with Gasteiger partial charge in [0.2, 0.25) is 0 Å². The van der Waals surface area contributed by atoms with Gasteiger partial charge in [-0.25, -0.2) is 4.79 Å². The van der Waals surface area contributed by atoms with Gasteiger partial charge in [0.1, 0.15) is 5.75 Å². The Labute approximate surface area is 185 Å². The number of benzene rings is 2. The molecule has 0 amide bonds. The summed E-state index contributed by atoms with van der Waals surface area (Å²) >= 11 is 0. The van der Waals surface area contributed by atoms with Crippen LogP contribution >= 0.6 is 0 Å². The summed E-state index contributed by atoms with van der Waals surface area (Å²) in [4.78, 5) is 13.0. The van der Waals surface area contributed by atoms with Crippen LogP contribution in [0.5, 0.6) is 5.75 Å². The van der Waals surface area contributed by atoms with E-state index in [2.05, 4.69) is 44.2 Å². The minimum absolute atomic E-state index is 0.360.